The molecule has 1 aliphatic carbocycles. The molecule has 2 fully saturated rings. The highest BCUT2D eigenvalue weighted by molar-refractivity contribution is 6.07. The normalized spacial score (nSPS) is 24.5. The number of amides is 3. The number of hydrogen-bond acceptors (Lipinski definition) is 4. The fourth-order valence-corrected chi connectivity index (χ4v) is 3.35. The number of likely N-dealkylation sites (tertiary alicyclic amines) is 1. The molecule has 1 aromatic heterocycles. The molecule has 1 aliphatic heterocycles. The second-order valence-corrected chi connectivity index (χ2v) is 5.98. The van der Waals surface area contributed by atoms with Gasteiger partial charge in [-0.25, -0.2) is 0 Å². The minimum absolute atomic E-state index is 0.176. The Morgan fingerprint density at radius 1 is 1.27 bits per heavy atom. The van der Waals surface area contributed by atoms with E-state index in [1.165, 1.54) is 0 Å². The average Bonchev–Trinajstić information content (AvgIpc) is 3.03. The van der Waals surface area contributed by atoms with Crippen molar-refractivity contribution in [1.82, 2.24) is 20.0 Å². The quantitative estimate of drug-likeness (QED) is 0.806. The van der Waals surface area contributed by atoms with E-state index in [0.717, 1.165) is 36.3 Å². The molecule has 22 heavy (non-hydrogen) atoms. The number of aromatic nitrogens is 2. The predicted octanol–water partition coefficient (Wildman–Crippen LogP) is 0.211. The van der Waals surface area contributed by atoms with Gasteiger partial charge in [0.1, 0.15) is 6.54 Å². The lowest BCUT2D eigenvalue weighted by Crippen LogP contribution is -2.41. The summed E-state index contributed by atoms with van der Waals surface area (Å²) in [5.74, 6) is -1.07. The van der Waals surface area contributed by atoms with Gasteiger partial charge in [0.05, 0.1) is 24.1 Å². The van der Waals surface area contributed by atoms with Gasteiger partial charge in [-0.2, -0.15) is 5.10 Å². The van der Waals surface area contributed by atoms with Gasteiger partial charge in [0.15, 0.2) is 0 Å². The maximum Gasteiger partial charge on any atom is 0.240 e. The SMILES string of the molecule is Cn1nccc1CNC(=O)CN1C(=O)[C@@H]2CCCC[C@H]2C1=O. The number of rotatable bonds is 4. The van der Waals surface area contributed by atoms with Gasteiger partial charge in [-0.3, -0.25) is 24.0 Å². The van der Waals surface area contributed by atoms with E-state index >= 15 is 0 Å². The lowest BCUT2D eigenvalue weighted by molar-refractivity contribution is -0.143. The first-order valence-electron chi connectivity index (χ1n) is 7.66. The van der Waals surface area contributed by atoms with Crippen LogP contribution in [-0.4, -0.2) is 38.9 Å². The first kappa shape index (κ1) is 14.7. The largest absolute Gasteiger partial charge is 0.349 e. The molecule has 0 radical (unpaired) electrons. The number of nitrogens with one attached hydrogen (secondary N) is 1. The van der Waals surface area contributed by atoms with Crippen molar-refractivity contribution in [2.75, 3.05) is 6.54 Å². The Morgan fingerprint density at radius 2 is 1.91 bits per heavy atom. The van der Waals surface area contributed by atoms with Crippen LogP contribution in [-0.2, 0) is 28.0 Å². The molecule has 1 aromatic rings. The molecule has 2 atom stereocenters. The van der Waals surface area contributed by atoms with Gasteiger partial charge in [-0.1, -0.05) is 12.8 Å². The van der Waals surface area contributed by atoms with Crippen LogP contribution in [0.4, 0.5) is 0 Å². The summed E-state index contributed by atoms with van der Waals surface area (Å²) in [6.07, 6.45) is 5.16. The van der Waals surface area contributed by atoms with Crippen LogP contribution >= 0.6 is 0 Å². The van der Waals surface area contributed by atoms with Gasteiger partial charge in [0.25, 0.3) is 0 Å². The lowest BCUT2D eigenvalue weighted by atomic mass is 9.81. The molecule has 1 saturated carbocycles. The van der Waals surface area contributed by atoms with Gasteiger partial charge < -0.3 is 5.32 Å². The van der Waals surface area contributed by atoms with E-state index in [-0.39, 0.29) is 36.1 Å². The highest BCUT2D eigenvalue weighted by atomic mass is 16.2. The summed E-state index contributed by atoms with van der Waals surface area (Å²) < 4.78 is 1.67. The van der Waals surface area contributed by atoms with Crippen LogP contribution in [0.5, 0.6) is 0 Å². The number of hydrogen-bond donors (Lipinski definition) is 1. The average molecular weight is 304 g/mol. The van der Waals surface area contributed by atoms with E-state index in [1.54, 1.807) is 24.0 Å². The van der Waals surface area contributed by atoms with Gasteiger partial charge in [-0.15, -0.1) is 0 Å². The number of carbonyl (C=O) groups is 3. The van der Waals surface area contributed by atoms with Crippen LogP contribution in [0.2, 0.25) is 0 Å². The Labute approximate surface area is 128 Å². The molecule has 0 aromatic carbocycles. The van der Waals surface area contributed by atoms with Crippen LogP contribution in [0.1, 0.15) is 31.4 Å². The van der Waals surface area contributed by atoms with Crippen LogP contribution in [0.25, 0.3) is 0 Å². The summed E-state index contributed by atoms with van der Waals surface area (Å²) in [6, 6.07) is 1.81. The molecule has 118 valence electrons. The standard InChI is InChI=1S/C15H20N4O3/c1-18-10(6-7-17-18)8-16-13(20)9-19-14(21)11-4-2-3-5-12(11)15(19)22/h6-7,11-12H,2-5,8-9H2,1H3,(H,16,20)/t11-,12-/m1/s1. The molecule has 7 heteroatoms. The minimum atomic E-state index is -0.318. The maximum atomic E-state index is 12.3. The molecule has 7 nitrogen and oxygen atoms in total. The van der Waals surface area contributed by atoms with Gasteiger partial charge >= 0.3 is 0 Å². The Bertz CT molecular complexity index is 586. The van der Waals surface area contributed by atoms with E-state index in [1.807, 2.05) is 0 Å². The van der Waals surface area contributed by atoms with E-state index < -0.39 is 0 Å². The third-order valence-corrected chi connectivity index (χ3v) is 4.62. The summed E-state index contributed by atoms with van der Waals surface area (Å²) in [4.78, 5) is 37.7. The first-order valence-corrected chi connectivity index (χ1v) is 7.66. The van der Waals surface area contributed by atoms with Crippen molar-refractivity contribution in [2.24, 2.45) is 18.9 Å². The zero-order valence-electron chi connectivity index (χ0n) is 12.6. The lowest BCUT2D eigenvalue weighted by Gasteiger charge is -2.19. The summed E-state index contributed by atoms with van der Waals surface area (Å²) in [7, 11) is 1.79. The van der Waals surface area contributed by atoms with Crippen molar-refractivity contribution in [3.63, 3.8) is 0 Å². The molecular weight excluding hydrogens is 284 g/mol. The summed E-state index contributed by atoms with van der Waals surface area (Å²) in [5.41, 5.74) is 0.862. The smallest absolute Gasteiger partial charge is 0.240 e. The number of carbonyl (C=O) groups excluding carboxylic acids is 3. The number of imide groups is 1. The maximum absolute atomic E-state index is 12.3. The molecule has 1 saturated heterocycles. The number of nitrogens with zero attached hydrogens (tertiary/aromatic N) is 3. The molecule has 3 rings (SSSR count). The van der Waals surface area contributed by atoms with Crippen molar-refractivity contribution in [1.29, 1.82) is 0 Å². The van der Waals surface area contributed by atoms with Crippen molar-refractivity contribution < 1.29 is 14.4 Å². The third-order valence-electron chi connectivity index (χ3n) is 4.62. The Kier molecular flexibility index (Phi) is 3.96. The van der Waals surface area contributed by atoms with Gasteiger partial charge in [0, 0.05) is 13.2 Å². The van der Waals surface area contributed by atoms with E-state index in [0.29, 0.717) is 6.54 Å². The van der Waals surface area contributed by atoms with Crippen molar-refractivity contribution in [3.8, 4) is 0 Å². The summed E-state index contributed by atoms with van der Waals surface area (Å²) in [6.45, 7) is 0.154. The van der Waals surface area contributed by atoms with Crippen molar-refractivity contribution in [3.05, 3.63) is 18.0 Å². The monoisotopic (exact) mass is 304 g/mol. The Morgan fingerprint density at radius 3 is 2.45 bits per heavy atom. The molecule has 3 amide bonds. The topological polar surface area (TPSA) is 84.3 Å². The predicted molar refractivity (Wildman–Crippen MR) is 77.2 cm³/mol. The third kappa shape index (κ3) is 2.63. The number of fused-ring (bicyclic) bond motifs is 1. The molecule has 2 heterocycles. The van der Waals surface area contributed by atoms with Crippen LogP contribution in [0.15, 0.2) is 12.3 Å². The van der Waals surface area contributed by atoms with Crippen LogP contribution < -0.4 is 5.32 Å². The van der Waals surface area contributed by atoms with Crippen LogP contribution in [0.3, 0.4) is 0 Å². The van der Waals surface area contributed by atoms with Crippen molar-refractivity contribution in [2.45, 2.75) is 32.2 Å². The van der Waals surface area contributed by atoms with E-state index in [2.05, 4.69) is 10.4 Å². The highest BCUT2D eigenvalue weighted by Gasteiger charge is 2.48. The van der Waals surface area contributed by atoms with Gasteiger partial charge in [-0.05, 0) is 18.9 Å². The minimum Gasteiger partial charge on any atom is -0.349 e. The molecule has 0 bridgehead atoms. The molecule has 0 unspecified atom stereocenters. The fraction of sp³-hybridized carbons (Fsp3) is 0.600. The second-order valence-electron chi connectivity index (χ2n) is 5.98. The van der Waals surface area contributed by atoms with Crippen molar-refractivity contribution >= 4 is 17.7 Å². The molecular formula is C15H20N4O3. The Hall–Kier alpha value is -2.18. The van der Waals surface area contributed by atoms with E-state index in [9.17, 15) is 14.4 Å². The fourth-order valence-electron chi connectivity index (χ4n) is 3.35. The zero-order valence-corrected chi connectivity index (χ0v) is 12.6. The second kappa shape index (κ2) is 5.90. The highest BCUT2D eigenvalue weighted by Crippen LogP contribution is 2.37. The molecule has 0 spiro atoms. The molecule has 2 aliphatic rings. The zero-order chi connectivity index (χ0) is 15.7. The summed E-state index contributed by atoms with van der Waals surface area (Å²) in [5, 5.41) is 6.75. The number of aryl methyl sites for hydroxylation is 1. The van der Waals surface area contributed by atoms with Gasteiger partial charge in [0.2, 0.25) is 17.7 Å². The molecule has 1 N–H and O–H groups in total. The Balaban J connectivity index is 1.58. The first-order chi connectivity index (χ1) is 10.6. The van der Waals surface area contributed by atoms with E-state index in [4.69, 9.17) is 0 Å². The summed E-state index contributed by atoms with van der Waals surface area (Å²) >= 11 is 0. The van der Waals surface area contributed by atoms with Crippen LogP contribution in [0, 0.1) is 11.8 Å².